The number of hydrogen-bond donors (Lipinski definition) is 2. The lowest BCUT2D eigenvalue weighted by Crippen LogP contribution is -2.25. The molecule has 1 aliphatic rings. The Morgan fingerprint density at radius 1 is 1.30 bits per heavy atom. The van der Waals surface area contributed by atoms with Crippen molar-refractivity contribution in [1.29, 1.82) is 0 Å². The van der Waals surface area contributed by atoms with Crippen LogP contribution in [0.3, 0.4) is 0 Å². The van der Waals surface area contributed by atoms with Gasteiger partial charge in [0.2, 0.25) is 0 Å². The molecule has 3 aromatic heterocycles. The van der Waals surface area contributed by atoms with Gasteiger partial charge in [0.05, 0.1) is 29.4 Å². The van der Waals surface area contributed by atoms with Gasteiger partial charge in [-0.1, -0.05) is 30.3 Å². The fraction of sp³-hybridized carbons (Fsp3) is 0.286. The normalized spacial score (nSPS) is 13.6. The molecule has 0 spiro atoms. The second-order valence-corrected chi connectivity index (χ2v) is 7.73. The molecule has 0 bridgehead atoms. The summed E-state index contributed by atoms with van der Waals surface area (Å²) in [6.45, 7) is 2.98. The summed E-state index contributed by atoms with van der Waals surface area (Å²) < 4.78 is 4.41. The number of amides is 1. The summed E-state index contributed by atoms with van der Waals surface area (Å²) >= 11 is 5.33. The van der Waals surface area contributed by atoms with Crippen LogP contribution in [0.2, 0.25) is 0 Å². The van der Waals surface area contributed by atoms with E-state index >= 15 is 0 Å². The smallest absolute Gasteiger partial charge is 0.252 e. The number of hydrogen-bond acceptors (Lipinski definition) is 5. The number of aryl methyl sites for hydroxylation is 1. The summed E-state index contributed by atoms with van der Waals surface area (Å²) in [5.41, 5.74) is 2.94. The van der Waals surface area contributed by atoms with Crippen LogP contribution in [0.25, 0.3) is 22.3 Å². The molecule has 3 heterocycles. The van der Waals surface area contributed by atoms with E-state index in [1.807, 2.05) is 47.9 Å². The molecular weight excluding hydrogens is 398 g/mol. The van der Waals surface area contributed by atoms with E-state index in [0.29, 0.717) is 35.1 Å². The van der Waals surface area contributed by atoms with Gasteiger partial charge in [-0.2, -0.15) is 10.2 Å². The molecule has 1 aromatic carbocycles. The quantitative estimate of drug-likeness (QED) is 0.466. The van der Waals surface area contributed by atoms with E-state index in [2.05, 4.69) is 20.6 Å². The highest BCUT2D eigenvalue weighted by molar-refractivity contribution is 7.71. The zero-order valence-electron chi connectivity index (χ0n) is 16.5. The minimum atomic E-state index is -0.188. The summed E-state index contributed by atoms with van der Waals surface area (Å²) in [6.07, 6.45) is 3.89. The van der Waals surface area contributed by atoms with Gasteiger partial charge in [0.1, 0.15) is 0 Å². The highest BCUT2D eigenvalue weighted by atomic mass is 32.1. The van der Waals surface area contributed by atoms with Gasteiger partial charge in [-0.15, -0.1) is 0 Å². The van der Waals surface area contributed by atoms with Gasteiger partial charge in [0.15, 0.2) is 16.2 Å². The molecule has 0 radical (unpaired) electrons. The van der Waals surface area contributed by atoms with Crippen LogP contribution in [0.5, 0.6) is 0 Å². The van der Waals surface area contributed by atoms with Crippen LogP contribution in [-0.4, -0.2) is 35.4 Å². The predicted molar refractivity (Wildman–Crippen MR) is 115 cm³/mol. The molecule has 30 heavy (non-hydrogen) atoms. The number of aromatic nitrogens is 6. The number of H-pyrrole nitrogens is 1. The van der Waals surface area contributed by atoms with Gasteiger partial charge in [-0.05, 0) is 38.0 Å². The van der Waals surface area contributed by atoms with Crippen LogP contribution in [-0.2, 0) is 13.1 Å². The highest BCUT2D eigenvalue weighted by Crippen LogP contribution is 2.35. The molecule has 0 saturated heterocycles. The standard InChI is InChI=1S/C21H21N7OS/c1-2-27-19-16(11-23-27)15(10-17(24-19)13-6-4-3-5-7-13)20(29)22-12-18-25-26-21(30)28(18)14-8-9-14/h3-7,10-11,14H,2,8-9,12H2,1H3,(H,22,29)(H,26,30). The molecule has 1 amide bonds. The second-order valence-electron chi connectivity index (χ2n) is 7.35. The van der Waals surface area contributed by atoms with E-state index in [1.165, 1.54) is 0 Å². The number of pyridine rings is 1. The average Bonchev–Trinajstić information content (AvgIpc) is 3.42. The molecule has 5 rings (SSSR count). The molecule has 1 fully saturated rings. The minimum Gasteiger partial charge on any atom is -0.345 e. The largest absolute Gasteiger partial charge is 0.345 e. The lowest BCUT2D eigenvalue weighted by atomic mass is 10.1. The van der Waals surface area contributed by atoms with E-state index in [9.17, 15) is 4.79 Å². The number of nitrogens with one attached hydrogen (secondary N) is 2. The Kier molecular flexibility index (Phi) is 4.66. The zero-order valence-corrected chi connectivity index (χ0v) is 17.3. The Morgan fingerprint density at radius 2 is 2.10 bits per heavy atom. The van der Waals surface area contributed by atoms with Gasteiger partial charge in [0.25, 0.3) is 5.91 Å². The van der Waals surface area contributed by atoms with E-state index in [4.69, 9.17) is 17.2 Å². The van der Waals surface area contributed by atoms with Crippen molar-refractivity contribution in [2.45, 2.75) is 38.9 Å². The van der Waals surface area contributed by atoms with Crippen molar-refractivity contribution >= 4 is 29.2 Å². The molecule has 2 N–H and O–H groups in total. The van der Waals surface area contributed by atoms with E-state index in [-0.39, 0.29) is 5.91 Å². The first kappa shape index (κ1) is 18.7. The van der Waals surface area contributed by atoms with Gasteiger partial charge in [0, 0.05) is 18.2 Å². The lowest BCUT2D eigenvalue weighted by Gasteiger charge is -2.10. The third-order valence-corrected chi connectivity index (χ3v) is 5.61. The van der Waals surface area contributed by atoms with Crippen LogP contribution in [0.4, 0.5) is 0 Å². The Balaban J connectivity index is 1.50. The summed E-state index contributed by atoms with van der Waals surface area (Å²) in [5.74, 6) is 0.556. The lowest BCUT2D eigenvalue weighted by molar-refractivity contribution is 0.0951. The zero-order chi connectivity index (χ0) is 20.7. The number of rotatable bonds is 6. The van der Waals surface area contributed by atoms with Crippen molar-refractivity contribution in [3.8, 4) is 11.3 Å². The predicted octanol–water partition coefficient (Wildman–Crippen LogP) is 3.64. The first-order chi connectivity index (χ1) is 14.7. The maximum atomic E-state index is 13.2. The van der Waals surface area contributed by atoms with E-state index in [0.717, 1.165) is 35.3 Å². The molecule has 0 atom stereocenters. The molecule has 0 aliphatic heterocycles. The average molecular weight is 420 g/mol. The SMILES string of the molecule is CCn1ncc2c(C(=O)NCc3n[nH]c(=S)n3C3CC3)cc(-c3ccccc3)nc21. The minimum absolute atomic E-state index is 0.188. The monoisotopic (exact) mass is 419 g/mol. The number of carbonyl (C=O) groups excluding carboxylic acids is 1. The van der Waals surface area contributed by atoms with Crippen molar-refractivity contribution in [2.24, 2.45) is 0 Å². The van der Waals surface area contributed by atoms with Gasteiger partial charge in [-0.25, -0.2) is 9.67 Å². The number of nitrogens with zero attached hydrogens (tertiary/aromatic N) is 5. The van der Waals surface area contributed by atoms with Crippen molar-refractivity contribution in [3.05, 3.63) is 58.8 Å². The summed E-state index contributed by atoms with van der Waals surface area (Å²) in [4.78, 5) is 17.9. The van der Waals surface area contributed by atoms with E-state index in [1.54, 1.807) is 10.9 Å². The molecule has 8 nitrogen and oxygen atoms in total. The van der Waals surface area contributed by atoms with Crippen LogP contribution < -0.4 is 5.32 Å². The Hall–Kier alpha value is -3.33. The van der Waals surface area contributed by atoms with Crippen LogP contribution in [0.15, 0.2) is 42.6 Å². The molecule has 4 aromatic rings. The topological polar surface area (TPSA) is 93.4 Å². The molecule has 0 unspecified atom stereocenters. The molecule has 152 valence electrons. The first-order valence-electron chi connectivity index (χ1n) is 10.0. The third kappa shape index (κ3) is 3.30. The summed E-state index contributed by atoms with van der Waals surface area (Å²) in [7, 11) is 0. The maximum Gasteiger partial charge on any atom is 0.252 e. The molecule has 1 saturated carbocycles. The van der Waals surface area contributed by atoms with Gasteiger partial charge >= 0.3 is 0 Å². The van der Waals surface area contributed by atoms with Crippen LogP contribution >= 0.6 is 12.2 Å². The molecule has 9 heteroatoms. The third-order valence-electron chi connectivity index (χ3n) is 5.32. The van der Waals surface area contributed by atoms with E-state index < -0.39 is 0 Å². The fourth-order valence-corrected chi connectivity index (χ4v) is 3.95. The number of benzene rings is 1. The summed E-state index contributed by atoms with van der Waals surface area (Å²) in [6, 6.07) is 12.1. The number of carbonyl (C=O) groups is 1. The Morgan fingerprint density at radius 3 is 2.83 bits per heavy atom. The second kappa shape index (κ2) is 7.49. The number of aromatic amines is 1. The number of fused-ring (bicyclic) bond motifs is 1. The van der Waals surface area contributed by atoms with Gasteiger partial charge in [-0.3, -0.25) is 14.5 Å². The summed E-state index contributed by atoms with van der Waals surface area (Å²) in [5, 5.41) is 15.2. The first-order valence-corrected chi connectivity index (χ1v) is 10.4. The van der Waals surface area contributed by atoms with Crippen LogP contribution in [0, 0.1) is 4.77 Å². The molecular formula is C21H21N7OS. The van der Waals surface area contributed by atoms with Crippen molar-refractivity contribution < 1.29 is 4.79 Å². The fourth-order valence-electron chi connectivity index (χ4n) is 3.65. The van der Waals surface area contributed by atoms with Crippen molar-refractivity contribution in [2.75, 3.05) is 0 Å². The van der Waals surface area contributed by atoms with Crippen LogP contribution in [0.1, 0.15) is 42.0 Å². The highest BCUT2D eigenvalue weighted by Gasteiger charge is 2.27. The van der Waals surface area contributed by atoms with Crippen molar-refractivity contribution in [1.82, 2.24) is 34.8 Å². The Labute approximate surface area is 177 Å². The molecule has 1 aliphatic carbocycles. The van der Waals surface area contributed by atoms with Gasteiger partial charge < -0.3 is 5.32 Å². The maximum absolute atomic E-state index is 13.2. The Bertz CT molecular complexity index is 1280. The van der Waals surface area contributed by atoms with Crippen molar-refractivity contribution in [3.63, 3.8) is 0 Å².